The Morgan fingerprint density at radius 2 is 1.33 bits per heavy atom. The lowest BCUT2D eigenvalue weighted by Crippen LogP contribution is -2.64. The van der Waals surface area contributed by atoms with Crippen LogP contribution in [0.25, 0.3) is 0 Å². The summed E-state index contributed by atoms with van der Waals surface area (Å²) in [4.78, 5) is 0. The van der Waals surface area contributed by atoms with Crippen molar-refractivity contribution < 1.29 is 18.9 Å². The van der Waals surface area contributed by atoms with E-state index >= 15 is 0 Å². The number of hydrogen-bond donors (Lipinski definition) is 0. The zero-order valence-corrected chi connectivity index (χ0v) is 22.4. The monoisotopic (exact) mass is 472 g/mol. The molecular formula is C28H44O4Si. The summed E-state index contributed by atoms with van der Waals surface area (Å²) in [5.74, 6) is -1.16. The first-order chi connectivity index (χ1) is 15.8. The van der Waals surface area contributed by atoms with E-state index in [-0.39, 0.29) is 5.41 Å². The fourth-order valence-corrected chi connectivity index (χ4v) is 12.3. The van der Waals surface area contributed by atoms with Crippen LogP contribution in [0.5, 0.6) is 0 Å². The summed E-state index contributed by atoms with van der Waals surface area (Å²) >= 11 is 0. The Bertz CT molecular complexity index is 759. The maximum absolute atomic E-state index is 6.32. The minimum absolute atomic E-state index is 0.320. The Morgan fingerprint density at radius 1 is 0.818 bits per heavy atom. The highest BCUT2D eigenvalue weighted by molar-refractivity contribution is 6.94. The topological polar surface area (TPSA) is 36.9 Å². The van der Waals surface area contributed by atoms with E-state index in [1.54, 1.807) is 5.19 Å². The molecule has 0 radical (unpaired) electrons. The Morgan fingerprint density at radius 3 is 1.82 bits per heavy atom. The lowest BCUT2D eigenvalue weighted by molar-refractivity contribution is -0.363. The second-order valence-electron chi connectivity index (χ2n) is 11.0. The maximum atomic E-state index is 6.32. The Labute approximate surface area is 202 Å². The van der Waals surface area contributed by atoms with Crippen LogP contribution in [0.4, 0.5) is 0 Å². The summed E-state index contributed by atoms with van der Waals surface area (Å²) in [5, 5.41) is 1.58. The number of hydrogen-bond acceptors (Lipinski definition) is 4. The van der Waals surface area contributed by atoms with Crippen LogP contribution < -0.4 is 5.19 Å². The summed E-state index contributed by atoms with van der Waals surface area (Å²) in [6, 6.07) is 12.4. The first-order valence-corrected chi connectivity index (χ1v) is 15.4. The molecule has 1 aromatic rings. The molecule has 184 valence electrons. The molecule has 2 saturated heterocycles. The summed E-state index contributed by atoms with van der Waals surface area (Å²) in [6.45, 7) is 14.6. The first-order valence-electron chi connectivity index (χ1n) is 13.1. The van der Waals surface area contributed by atoms with E-state index in [9.17, 15) is 0 Å². The molecule has 1 saturated carbocycles. The van der Waals surface area contributed by atoms with Crippen LogP contribution in [0.15, 0.2) is 42.5 Å². The molecule has 1 aliphatic carbocycles. The average molecular weight is 473 g/mol. The average Bonchev–Trinajstić information content (AvgIpc) is 3.47. The number of ether oxygens (including phenoxy) is 4. The van der Waals surface area contributed by atoms with Crippen LogP contribution in [0.2, 0.25) is 17.1 Å². The standard InChI is InChI=1S/C28H44O4Si/c1-23(2)33(24(3)4,25-13-8-6-9-14-25)22-11-7-10-15-26(5)27(29-18-19-30-27)16-12-17-28(26)31-20-21-32-28/h6-9,11,13-14,23-24H,10,12,15-22H2,1-5H3/b11-7+. The molecule has 2 spiro atoms. The summed E-state index contributed by atoms with van der Waals surface area (Å²) in [5.41, 5.74) is 1.06. The third kappa shape index (κ3) is 4.18. The minimum atomic E-state index is -1.68. The van der Waals surface area contributed by atoms with Crippen molar-refractivity contribution in [1.82, 2.24) is 0 Å². The molecule has 0 N–H and O–H groups in total. The zero-order chi connectivity index (χ0) is 23.6. The van der Waals surface area contributed by atoms with E-state index in [1.165, 1.54) is 6.04 Å². The Hall–Kier alpha value is -0.983. The van der Waals surface area contributed by atoms with Crippen molar-refractivity contribution in [2.75, 3.05) is 26.4 Å². The molecular weight excluding hydrogens is 428 g/mol. The van der Waals surface area contributed by atoms with Gasteiger partial charge in [-0.1, -0.05) is 75.4 Å². The molecule has 5 heteroatoms. The molecule has 0 bridgehead atoms. The van der Waals surface area contributed by atoms with Gasteiger partial charge in [0.15, 0.2) is 11.6 Å². The highest BCUT2D eigenvalue weighted by Gasteiger charge is 2.67. The minimum Gasteiger partial charge on any atom is -0.347 e. The van der Waals surface area contributed by atoms with E-state index in [0.717, 1.165) is 32.1 Å². The van der Waals surface area contributed by atoms with Gasteiger partial charge in [0.2, 0.25) is 0 Å². The SMILES string of the molecule is CC(C)[Si](C/C=C/CCC1(C)C2(CCCC13OCCO3)OCCO2)(c1ccccc1)C(C)C. The molecule has 1 aromatic carbocycles. The smallest absolute Gasteiger partial charge is 0.178 e. The van der Waals surface area contributed by atoms with Crippen molar-refractivity contribution in [3.8, 4) is 0 Å². The quantitative estimate of drug-likeness (QED) is 0.335. The number of allylic oxidation sites excluding steroid dienone is 2. The molecule has 2 aliphatic heterocycles. The van der Waals surface area contributed by atoms with E-state index in [1.807, 2.05) is 0 Å². The van der Waals surface area contributed by atoms with Gasteiger partial charge in [-0.2, -0.15) is 0 Å². The van der Waals surface area contributed by atoms with Crippen molar-refractivity contribution in [3.05, 3.63) is 42.5 Å². The summed E-state index contributed by atoms with van der Waals surface area (Å²) in [6.07, 6.45) is 9.65. The fraction of sp³-hybridized carbons (Fsp3) is 0.714. The van der Waals surface area contributed by atoms with Crippen LogP contribution >= 0.6 is 0 Å². The lowest BCUT2D eigenvalue weighted by Gasteiger charge is -2.56. The van der Waals surface area contributed by atoms with Gasteiger partial charge in [0.1, 0.15) is 0 Å². The van der Waals surface area contributed by atoms with Crippen LogP contribution in [0, 0.1) is 5.41 Å². The van der Waals surface area contributed by atoms with Crippen molar-refractivity contribution in [2.45, 2.75) is 95.4 Å². The van der Waals surface area contributed by atoms with Crippen molar-refractivity contribution in [3.63, 3.8) is 0 Å². The van der Waals surface area contributed by atoms with Gasteiger partial charge in [-0.15, -0.1) is 0 Å². The zero-order valence-electron chi connectivity index (χ0n) is 21.4. The highest BCUT2D eigenvalue weighted by Crippen LogP contribution is 2.59. The molecule has 4 nitrogen and oxygen atoms in total. The van der Waals surface area contributed by atoms with Gasteiger partial charge in [-0.25, -0.2) is 0 Å². The molecule has 3 fully saturated rings. The summed E-state index contributed by atoms with van der Waals surface area (Å²) < 4.78 is 25.3. The third-order valence-electron chi connectivity index (χ3n) is 9.01. The highest BCUT2D eigenvalue weighted by atomic mass is 28.3. The van der Waals surface area contributed by atoms with Crippen LogP contribution in [0.1, 0.15) is 66.7 Å². The first kappa shape index (κ1) is 25.1. The lowest BCUT2D eigenvalue weighted by atomic mass is 9.63. The summed E-state index contributed by atoms with van der Waals surface area (Å²) in [7, 11) is -1.68. The molecule has 0 amide bonds. The predicted molar refractivity (Wildman–Crippen MR) is 136 cm³/mol. The van der Waals surface area contributed by atoms with E-state index in [4.69, 9.17) is 18.9 Å². The number of benzene rings is 1. The van der Waals surface area contributed by atoms with Gasteiger partial charge >= 0.3 is 0 Å². The van der Waals surface area contributed by atoms with Gasteiger partial charge in [0.25, 0.3) is 0 Å². The predicted octanol–water partition coefficient (Wildman–Crippen LogP) is 6.18. The van der Waals surface area contributed by atoms with E-state index in [2.05, 4.69) is 77.1 Å². The third-order valence-corrected chi connectivity index (χ3v) is 15.4. The fourth-order valence-electron chi connectivity index (χ4n) is 7.05. The van der Waals surface area contributed by atoms with E-state index in [0.29, 0.717) is 37.5 Å². The molecule has 0 unspecified atom stereocenters. The normalized spacial score (nSPS) is 24.1. The molecule has 4 rings (SSSR count). The number of rotatable bonds is 8. The second-order valence-corrected chi connectivity index (χ2v) is 16.4. The second kappa shape index (κ2) is 9.94. The van der Waals surface area contributed by atoms with Crippen LogP contribution in [0.3, 0.4) is 0 Å². The van der Waals surface area contributed by atoms with Gasteiger partial charge in [0, 0.05) is 12.8 Å². The molecule has 3 aliphatic rings. The molecule has 2 heterocycles. The van der Waals surface area contributed by atoms with Crippen LogP contribution in [-0.2, 0) is 18.9 Å². The molecule has 0 atom stereocenters. The Balaban J connectivity index is 1.51. The van der Waals surface area contributed by atoms with Gasteiger partial charge in [0.05, 0.1) is 39.9 Å². The molecule has 33 heavy (non-hydrogen) atoms. The van der Waals surface area contributed by atoms with Crippen LogP contribution in [-0.4, -0.2) is 46.1 Å². The maximum Gasteiger partial charge on any atom is 0.178 e. The molecule has 0 aromatic heterocycles. The van der Waals surface area contributed by atoms with Gasteiger partial charge < -0.3 is 18.9 Å². The van der Waals surface area contributed by atoms with Gasteiger partial charge in [-0.05, 0) is 43.3 Å². The van der Waals surface area contributed by atoms with E-state index < -0.39 is 19.6 Å². The largest absolute Gasteiger partial charge is 0.347 e. The van der Waals surface area contributed by atoms with Crippen molar-refractivity contribution >= 4 is 13.3 Å². The Kier molecular flexibility index (Phi) is 7.57. The van der Waals surface area contributed by atoms with Gasteiger partial charge in [-0.3, -0.25) is 0 Å². The van der Waals surface area contributed by atoms with Crippen molar-refractivity contribution in [1.29, 1.82) is 0 Å². The van der Waals surface area contributed by atoms with Crippen molar-refractivity contribution in [2.24, 2.45) is 5.41 Å².